The van der Waals surface area contributed by atoms with Gasteiger partial charge in [-0.15, -0.1) is 0 Å². The molecule has 0 radical (unpaired) electrons. The van der Waals surface area contributed by atoms with Crippen molar-refractivity contribution in [1.29, 1.82) is 0 Å². The van der Waals surface area contributed by atoms with E-state index >= 15 is 0 Å². The number of carbonyl (C=O) groups excluding carboxylic acids is 1. The van der Waals surface area contributed by atoms with E-state index in [0.29, 0.717) is 49.1 Å². The summed E-state index contributed by atoms with van der Waals surface area (Å²) in [5.74, 6) is 1.27. The number of morpholine rings is 1. The Bertz CT molecular complexity index is 965. The number of ether oxygens (including phenoxy) is 4. The molecular weight excluding hydrogens is 424 g/mol. The third-order valence-corrected chi connectivity index (χ3v) is 6.61. The normalized spacial score (nSPS) is 14.6. The van der Waals surface area contributed by atoms with E-state index in [1.54, 1.807) is 30.3 Å². The van der Waals surface area contributed by atoms with Gasteiger partial charge in [0.05, 0.1) is 38.9 Å². The molecule has 0 atom stereocenters. The van der Waals surface area contributed by atoms with Crippen LogP contribution in [0, 0.1) is 0 Å². The summed E-state index contributed by atoms with van der Waals surface area (Å²) in [6.07, 6.45) is 0. The Morgan fingerprint density at radius 2 is 1.61 bits per heavy atom. The highest BCUT2D eigenvalue weighted by molar-refractivity contribution is 7.89. The van der Waals surface area contributed by atoms with Crippen molar-refractivity contribution in [2.24, 2.45) is 0 Å². The van der Waals surface area contributed by atoms with Gasteiger partial charge in [0.1, 0.15) is 23.9 Å². The minimum atomic E-state index is -3.54. The molecule has 1 N–H and O–H groups in total. The number of hydrogen-bond donors (Lipinski definition) is 1. The predicted octanol–water partition coefficient (Wildman–Crippen LogP) is 1.53. The van der Waals surface area contributed by atoms with Gasteiger partial charge in [0.25, 0.3) is 5.91 Å². The summed E-state index contributed by atoms with van der Waals surface area (Å²) in [5, 5.41) is 2.76. The molecule has 2 aromatic rings. The van der Waals surface area contributed by atoms with Crippen molar-refractivity contribution < 1.29 is 32.2 Å². The molecule has 0 aromatic heterocycles. The Labute approximate surface area is 181 Å². The van der Waals surface area contributed by atoms with Crippen LogP contribution in [0.1, 0.15) is 10.4 Å². The molecule has 10 heteroatoms. The summed E-state index contributed by atoms with van der Waals surface area (Å²) >= 11 is 0. The summed E-state index contributed by atoms with van der Waals surface area (Å²) in [6.45, 7) is 1.98. The molecule has 0 aliphatic carbocycles. The van der Waals surface area contributed by atoms with Crippen LogP contribution in [-0.2, 0) is 14.8 Å². The molecule has 1 heterocycles. The lowest BCUT2D eigenvalue weighted by Crippen LogP contribution is -2.40. The van der Waals surface area contributed by atoms with Crippen LogP contribution in [0.4, 0.5) is 0 Å². The third kappa shape index (κ3) is 5.87. The van der Waals surface area contributed by atoms with Gasteiger partial charge in [-0.1, -0.05) is 0 Å². The second-order valence-electron chi connectivity index (χ2n) is 6.69. The summed E-state index contributed by atoms with van der Waals surface area (Å²) in [5.41, 5.74) is 0.411. The van der Waals surface area contributed by atoms with E-state index in [1.807, 2.05) is 0 Å². The maximum atomic E-state index is 12.6. The molecule has 31 heavy (non-hydrogen) atoms. The molecule has 1 saturated heterocycles. The van der Waals surface area contributed by atoms with Gasteiger partial charge in [-0.3, -0.25) is 4.79 Å². The highest BCUT2D eigenvalue weighted by Crippen LogP contribution is 2.23. The Hall–Kier alpha value is -2.82. The van der Waals surface area contributed by atoms with Crippen molar-refractivity contribution in [2.75, 3.05) is 53.7 Å². The van der Waals surface area contributed by atoms with Gasteiger partial charge in [-0.2, -0.15) is 4.31 Å². The van der Waals surface area contributed by atoms with Crippen LogP contribution in [0.15, 0.2) is 47.4 Å². The molecule has 1 fully saturated rings. The van der Waals surface area contributed by atoms with Crippen molar-refractivity contribution in [3.63, 3.8) is 0 Å². The van der Waals surface area contributed by atoms with Crippen LogP contribution >= 0.6 is 0 Å². The zero-order valence-electron chi connectivity index (χ0n) is 17.5. The Morgan fingerprint density at radius 3 is 2.19 bits per heavy atom. The van der Waals surface area contributed by atoms with Gasteiger partial charge in [-0.25, -0.2) is 8.42 Å². The first-order chi connectivity index (χ1) is 14.9. The fourth-order valence-corrected chi connectivity index (χ4v) is 4.43. The lowest BCUT2D eigenvalue weighted by atomic mass is 10.2. The smallest absolute Gasteiger partial charge is 0.251 e. The Kier molecular flexibility index (Phi) is 7.72. The Morgan fingerprint density at radius 1 is 1.00 bits per heavy atom. The van der Waals surface area contributed by atoms with Crippen LogP contribution in [-0.4, -0.2) is 72.3 Å². The SMILES string of the molecule is COc1cc(OC)cc(C(=O)NCCOc2ccc(S(=O)(=O)N3CCOCC3)cc2)c1. The fourth-order valence-electron chi connectivity index (χ4n) is 3.02. The first-order valence-corrected chi connectivity index (χ1v) is 11.2. The molecule has 2 aromatic carbocycles. The van der Waals surface area contributed by atoms with Crippen LogP contribution < -0.4 is 19.5 Å². The van der Waals surface area contributed by atoms with E-state index in [4.69, 9.17) is 18.9 Å². The zero-order valence-corrected chi connectivity index (χ0v) is 18.3. The minimum absolute atomic E-state index is 0.210. The molecule has 0 saturated carbocycles. The second kappa shape index (κ2) is 10.5. The minimum Gasteiger partial charge on any atom is -0.497 e. The summed E-state index contributed by atoms with van der Waals surface area (Å²) in [7, 11) is -0.506. The van der Waals surface area contributed by atoms with Gasteiger partial charge < -0.3 is 24.3 Å². The highest BCUT2D eigenvalue weighted by atomic mass is 32.2. The molecule has 3 rings (SSSR count). The van der Waals surface area contributed by atoms with Crippen LogP contribution in [0.5, 0.6) is 17.2 Å². The van der Waals surface area contributed by atoms with E-state index in [-0.39, 0.29) is 24.0 Å². The highest BCUT2D eigenvalue weighted by Gasteiger charge is 2.26. The molecule has 1 aliphatic rings. The number of carbonyl (C=O) groups is 1. The largest absolute Gasteiger partial charge is 0.497 e. The first kappa shape index (κ1) is 22.9. The van der Waals surface area contributed by atoms with Gasteiger partial charge in [0.15, 0.2) is 0 Å². The lowest BCUT2D eigenvalue weighted by Gasteiger charge is -2.26. The van der Waals surface area contributed by atoms with Crippen molar-refractivity contribution >= 4 is 15.9 Å². The van der Waals surface area contributed by atoms with E-state index in [1.165, 1.54) is 30.7 Å². The van der Waals surface area contributed by atoms with Gasteiger partial charge in [-0.05, 0) is 36.4 Å². The molecule has 0 unspecified atom stereocenters. The Balaban J connectivity index is 1.50. The molecule has 0 bridgehead atoms. The quantitative estimate of drug-likeness (QED) is 0.578. The number of sulfonamides is 1. The predicted molar refractivity (Wildman–Crippen MR) is 113 cm³/mol. The second-order valence-corrected chi connectivity index (χ2v) is 8.63. The van der Waals surface area contributed by atoms with Gasteiger partial charge in [0, 0.05) is 24.7 Å². The number of nitrogens with zero attached hydrogens (tertiary/aromatic N) is 1. The lowest BCUT2D eigenvalue weighted by molar-refractivity contribution is 0.0730. The molecule has 168 valence electrons. The van der Waals surface area contributed by atoms with Gasteiger partial charge in [0.2, 0.25) is 10.0 Å². The number of nitrogens with one attached hydrogen (secondary N) is 1. The van der Waals surface area contributed by atoms with Crippen molar-refractivity contribution in [3.8, 4) is 17.2 Å². The average molecular weight is 451 g/mol. The number of methoxy groups -OCH3 is 2. The monoisotopic (exact) mass is 450 g/mol. The fraction of sp³-hybridized carbons (Fsp3) is 0.381. The summed E-state index contributed by atoms with van der Waals surface area (Å²) in [4.78, 5) is 12.5. The zero-order chi connectivity index (χ0) is 22.3. The molecule has 1 aliphatic heterocycles. The summed E-state index contributed by atoms with van der Waals surface area (Å²) < 4.78 is 47.8. The number of hydrogen-bond acceptors (Lipinski definition) is 7. The number of amides is 1. The maximum absolute atomic E-state index is 12.6. The van der Waals surface area contributed by atoms with Gasteiger partial charge >= 0.3 is 0 Å². The topological polar surface area (TPSA) is 103 Å². The van der Waals surface area contributed by atoms with Crippen LogP contribution in [0.3, 0.4) is 0 Å². The summed E-state index contributed by atoms with van der Waals surface area (Å²) in [6, 6.07) is 11.1. The first-order valence-electron chi connectivity index (χ1n) is 9.76. The van der Waals surface area contributed by atoms with Crippen LogP contribution in [0.25, 0.3) is 0 Å². The molecule has 9 nitrogen and oxygen atoms in total. The molecular formula is C21H26N2O7S. The number of benzene rings is 2. The van der Waals surface area contributed by atoms with E-state index < -0.39 is 10.0 Å². The standard InChI is InChI=1S/C21H26N2O7S/c1-27-18-13-16(14-19(15-18)28-2)21(24)22-7-10-30-17-3-5-20(6-4-17)31(25,26)23-8-11-29-12-9-23/h3-6,13-15H,7-12H2,1-2H3,(H,22,24). The van der Waals surface area contributed by atoms with E-state index in [9.17, 15) is 13.2 Å². The molecule has 0 spiro atoms. The molecule has 1 amide bonds. The third-order valence-electron chi connectivity index (χ3n) is 4.70. The van der Waals surface area contributed by atoms with E-state index in [0.717, 1.165) is 0 Å². The average Bonchev–Trinajstić information content (AvgIpc) is 2.82. The van der Waals surface area contributed by atoms with Crippen LogP contribution in [0.2, 0.25) is 0 Å². The van der Waals surface area contributed by atoms with Crippen molar-refractivity contribution in [3.05, 3.63) is 48.0 Å². The maximum Gasteiger partial charge on any atom is 0.251 e. The van der Waals surface area contributed by atoms with Crippen molar-refractivity contribution in [1.82, 2.24) is 9.62 Å². The van der Waals surface area contributed by atoms with Crippen molar-refractivity contribution in [2.45, 2.75) is 4.90 Å². The van der Waals surface area contributed by atoms with E-state index in [2.05, 4.69) is 5.32 Å². The number of rotatable bonds is 9.